The minimum atomic E-state index is -0.961. The molecular weight excluding hydrogens is 388 g/mol. The van der Waals surface area contributed by atoms with Gasteiger partial charge in [0.15, 0.2) is 0 Å². The number of nitrogens with zero attached hydrogens (tertiary/aromatic N) is 1. The molecule has 1 heterocycles. The Labute approximate surface area is 171 Å². The van der Waals surface area contributed by atoms with Crippen LogP contribution < -0.4 is 4.74 Å². The first-order valence-corrected chi connectivity index (χ1v) is 9.24. The Morgan fingerprint density at radius 1 is 1.03 bits per heavy atom. The minimum Gasteiger partial charge on any atom is -0.481 e. The zero-order valence-corrected chi connectivity index (χ0v) is 16.0. The van der Waals surface area contributed by atoms with Gasteiger partial charge < -0.3 is 9.84 Å². The summed E-state index contributed by atoms with van der Waals surface area (Å²) in [7, 11) is 0. The van der Waals surface area contributed by atoms with Crippen LogP contribution in [0.25, 0.3) is 17.2 Å². The van der Waals surface area contributed by atoms with Gasteiger partial charge in [-0.1, -0.05) is 18.2 Å². The van der Waals surface area contributed by atoms with Gasteiger partial charge in [0.05, 0.1) is 12.6 Å². The molecule has 4 rings (SSSR count). The van der Waals surface area contributed by atoms with Crippen LogP contribution in [0.5, 0.6) is 11.5 Å². The lowest BCUT2D eigenvalue weighted by atomic mass is 10.0. The summed E-state index contributed by atoms with van der Waals surface area (Å²) in [6.07, 6.45) is 3.07. The molecule has 0 amide bonds. The van der Waals surface area contributed by atoms with Gasteiger partial charge in [0.1, 0.15) is 17.3 Å². The molecule has 0 radical (unpaired) electrons. The molecule has 150 valence electrons. The number of aliphatic carboxylic acids is 1. The topological polar surface area (TPSA) is 59.4 Å². The molecule has 3 aromatic rings. The molecule has 0 atom stereocenters. The number of carboxylic acids is 1. The Bertz CT molecular complexity index is 1180. The normalized spacial score (nSPS) is 14.2. The van der Waals surface area contributed by atoms with E-state index in [1.165, 1.54) is 30.5 Å². The first-order chi connectivity index (χ1) is 14.4. The zero-order valence-electron chi connectivity index (χ0n) is 16.0. The van der Waals surface area contributed by atoms with Crippen LogP contribution in [0.1, 0.15) is 30.0 Å². The average molecular weight is 405 g/mol. The van der Waals surface area contributed by atoms with Gasteiger partial charge in [-0.05, 0) is 82.8 Å². The lowest BCUT2D eigenvalue weighted by Gasteiger charge is -2.07. The molecule has 0 spiro atoms. The van der Waals surface area contributed by atoms with E-state index in [9.17, 15) is 18.7 Å². The van der Waals surface area contributed by atoms with Crippen LogP contribution in [-0.4, -0.2) is 16.1 Å². The number of rotatable bonds is 5. The highest BCUT2D eigenvalue weighted by molar-refractivity contribution is 6.07. The van der Waals surface area contributed by atoms with Crippen molar-refractivity contribution >= 4 is 23.2 Å². The van der Waals surface area contributed by atoms with Gasteiger partial charge in [-0.3, -0.25) is 4.79 Å². The highest BCUT2D eigenvalue weighted by Crippen LogP contribution is 2.43. The Hall–Kier alpha value is -3.80. The van der Waals surface area contributed by atoms with Gasteiger partial charge in [0.25, 0.3) is 0 Å². The van der Waals surface area contributed by atoms with Crippen LogP contribution in [0, 0.1) is 11.8 Å². The Morgan fingerprint density at radius 2 is 1.77 bits per heavy atom. The molecule has 0 aliphatic heterocycles. The van der Waals surface area contributed by atoms with Crippen LogP contribution in [-0.2, 0) is 4.79 Å². The fourth-order valence-corrected chi connectivity index (χ4v) is 3.49. The molecule has 1 aliphatic rings. The number of hydrogen-bond donors (Lipinski definition) is 1. The number of carbonyl (C=O) groups is 1. The van der Waals surface area contributed by atoms with Crippen molar-refractivity contribution in [1.82, 2.24) is 4.98 Å². The highest BCUT2D eigenvalue weighted by Gasteiger charge is 2.25. The molecule has 0 saturated heterocycles. The lowest BCUT2D eigenvalue weighted by Crippen LogP contribution is -1.97. The van der Waals surface area contributed by atoms with Crippen molar-refractivity contribution in [3.8, 4) is 11.5 Å². The zero-order chi connectivity index (χ0) is 21.3. The van der Waals surface area contributed by atoms with Crippen molar-refractivity contribution in [3.63, 3.8) is 0 Å². The second-order valence-electron chi connectivity index (χ2n) is 6.91. The van der Waals surface area contributed by atoms with Crippen LogP contribution in [0.3, 0.4) is 0 Å². The summed E-state index contributed by atoms with van der Waals surface area (Å²) in [6.45, 7) is 1.85. The number of benzene rings is 2. The summed E-state index contributed by atoms with van der Waals surface area (Å²) in [5.41, 5.74) is 4.59. The summed E-state index contributed by atoms with van der Waals surface area (Å²) in [5.74, 6) is -0.948. The fourth-order valence-electron chi connectivity index (χ4n) is 3.49. The van der Waals surface area contributed by atoms with Gasteiger partial charge in [0, 0.05) is 0 Å². The molecule has 1 N–H and O–H groups in total. The van der Waals surface area contributed by atoms with E-state index >= 15 is 0 Å². The van der Waals surface area contributed by atoms with E-state index in [0.717, 1.165) is 22.3 Å². The Kier molecular flexibility index (Phi) is 5.14. The van der Waals surface area contributed by atoms with Gasteiger partial charge in [-0.2, -0.15) is 4.39 Å². The van der Waals surface area contributed by atoms with Crippen LogP contribution in [0.15, 0.2) is 66.4 Å². The van der Waals surface area contributed by atoms with Crippen molar-refractivity contribution < 1.29 is 23.4 Å². The van der Waals surface area contributed by atoms with E-state index in [0.29, 0.717) is 22.6 Å². The van der Waals surface area contributed by atoms with Crippen LogP contribution in [0.4, 0.5) is 8.78 Å². The predicted octanol–water partition coefficient (Wildman–Crippen LogP) is 5.95. The largest absolute Gasteiger partial charge is 0.481 e. The monoisotopic (exact) mass is 405 g/mol. The summed E-state index contributed by atoms with van der Waals surface area (Å²) < 4.78 is 32.3. The second kappa shape index (κ2) is 7.91. The third-order valence-corrected chi connectivity index (χ3v) is 4.91. The highest BCUT2D eigenvalue weighted by atomic mass is 19.1. The standard InChI is InChI=1S/C24H17F2NO3/c1-14-20(19-8-4-16(25)11-22(19)21(14)12-24(28)29)10-15-2-5-17(6-3-15)30-18-7-9-23(26)27-13-18/h2-11,13H,12H2,1H3,(H,28,29)/b20-10-. The van der Waals surface area contributed by atoms with E-state index < -0.39 is 17.7 Å². The number of pyridine rings is 1. The van der Waals surface area contributed by atoms with E-state index in [2.05, 4.69) is 4.98 Å². The quantitative estimate of drug-likeness (QED) is 0.533. The SMILES string of the molecule is CC1=C(CC(=O)O)c2cc(F)ccc2/C1=C\c1ccc(Oc2ccc(F)nc2)cc1. The number of ether oxygens (including phenoxy) is 1. The Morgan fingerprint density at radius 3 is 2.43 bits per heavy atom. The van der Waals surface area contributed by atoms with E-state index in [-0.39, 0.29) is 6.42 Å². The number of fused-ring (bicyclic) bond motifs is 1. The fraction of sp³-hybridized carbons (Fsp3) is 0.0833. The number of hydrogen-bond acceptors (Lipinski definition) is 3. The van der Waals surface area contributed by atoms with Gasteiger partial charge in [-0.25, -0.2) is 9.37 Å². The molecule has 1 aliphatic carbocycles. The van der Waals surface area contributed by atoms with Gasteiger partial charge >= 0.3 is 5.97 Å². The molecule has 4 nitrogen and oxygen atoms in total. The van der Waals surface area contributed by atoms with E-state index in [1.54, 1.807) is 18.2 Å². The van der Waals surface area contributed by atoms with Crippen LogP contribution in [0.2, 0.25) is 0 Å². The minimum absolute atomic E-state index is 0.169. The molecule has 6 heteroatoms. The maximum Gasteiger partial charge on any atom is 0.307 e. The molecule has 0 unspecified atom stereocenters. The first kappa shape index (κ1) is 19.5. The number of halogens is 2. The molecule has 2 aromatic carbocycles. The molecule has 1 aromatic heterocycles. The van der Waals surface area contributed by atoms with Crippen molar-refractivity contribution in [3.05, 3.63) is 94.8 Å². The molecule has 0 bridgehead atoms. The lowest BCUT2D eigenvalue weighted by molar-refractivity contribution is -0.135. The van der Waals surface area contributed by atoms with Crippen molar-refractivity contribution in [2.45, 2.75) is 13.3 Å². The third kappa shape index (κ3) is 3.98. The predicted molar refractivity (Wildman–Crippen MR) is 110 cm³/mol. The first-order valence-electron chi connectivity index (χ1n) is 9.24. The summed E-state index contributed by atoms with van der Waals surface area (Å²) in [4.78, 5) is 14.8. The molecular formula is C24H17F2NO3. The maximum atomic E-state index is 13.8. The van der Waals surface area contributed by atoms with Gasteiger partial charge in [0.2, 0.25) is 5.95 Å². The molecule has 0 saturated carbocycles. The van der Waals surface area contributed by atoms with Crippen molar-refractivity contribution in [2.24, 2.45) is 0 Å². The van der Waals surface area contributed by atoms with Crippen molar-refractivity contribution in [2.75, 3.05) is 0 Å². The van der Waals surface area contributed by atoms with Crippen molar-refractivity contribution in [1.29, 1.82) is 0 Å². The number of aromatic nitrogens is 1. The number of carboxylic acid groups (broad SMARTS) is 1. The number of allylic oxidation sites excluding steroid dienone is 2. The summed E-state index contributed by atoms with van der Waals surface area (Å²) in [5, 5.41) is 9.24. The summed E-state index contributed by atoms with van der Waals surface area (Å²) >= 11 is 0. The van der Waals surface area contributed by atoms with Crippen LogP contribution >= 0.6 is 0 Å². The smallest absolute Gasteiger partial charge is 0.307 e. The summed E-state index contributed by atoms with van der Waals surface area (Å²) in [6, 6.07) is 14.4. The maximum absolute atomic E-state index is 13.8. The average Bonchev–Trinajstić information content (AvgIpc) is 2.96. The van der Waals surface area contributed by atoms with Gasteiger partial charge in [-0.15, -0.1) is 0 Å². The Balaban J connectivity index is 1.64. The molecule has 0 fully saturated rings. The van der Waals surface area contributed by atoms with E-state index in [1.807, 2.05) is 25.1 Å². The third-order valence-electron chi connectivity index (χ3n) is 4.91. The van der Waals surface area contributed by atoms with E-state index in [4.69, 9.17) is 4.74 Å². The second-order valence-corrected chi connectivity index (χ2v) is 6.91. The molecule has 30 heavy (non-hydrogen) atoms.